The summed E-state index contributed by atoms with van der Waals surface area (Å²) in [6.45, 7) is 4.94. The predicted molar refractivity (Wildman–Crippen MR) is 92.0 cm³/mol. The molecule has 0 aliphatic carbocycles. The van der Waals surface area contributed by atoms with Gasteiger partial charge in [-0.3, -0.25) is 4.79 Å². The lowest BCUT2D eigenvalue weighted by Gasteiger charge is -2.11. The fraction of sp³-hybridized carbons (Fsp3) is 0.263. The molecule has 0 saturated heterocycles. The van der Waals surface area contributed by atoms with Crippen LogP contribution in [-0.4, -0.2) is 19.1 Å². The molecule has 0 fully saturated rings. The standard InChI is InChI=1S/C19H20N2O2/c1-3-11-21-19(22)15(13-20)12-17-16-8-6-5-7-14(16)9-10-18(17)23-4-2/h5-10,12H,3-4,11H2,1-2H3,(H,21,22)/b15-12-. The van der Waals surface area contributed by atoms with Crippen molar-refractivity contribution in [3.63, 3.8) is 0 Å². The Morgan fingerprint density at radius 3 is 2.74 bits per heavy atom. The Morgan fingerprint density at radius 1 is 1.26 bits per heavy atom. The van der Waals surface area contributed by atoms with Crippen LogP contribution in [0.15, 0.2) is 42.0 Å². The zero-order valence-corrected chi connectivity index (χ0v) is 13.4. The molecule has 2 aromatic rings. The van der Waals surface area contributed by atoms with Crippen LogP contribution in [0.3, 0.4) is 0 Å². The first-order chi connectivity index (χ1) is 11.2. The number of rotatable bonds is 6. The summed E-state index contributed by atoms with van der Waals surface area (Å²) >= 11 is 0. The average molecular weight is 308 g/mol. The van der Waals surface area contributed by atoms with Gasteiger partial charge in [0, 0.05) is 12.1 Å². The Balaban J connectivity index is 2.55. The van der Waals surface area contributed by atoms with Gasteiger partial charge in [0.15, 0.2) is 0 Å². The number of nitrogens with zero attached hydrogens (tertiary/aromatic N) is 1. The number of nitriles is 1. The van der Waals surface area contributed by atoms with Gasteiger partial charge in [0.25, 0.3) is 5.91 Å². The van der Waals surface area contributed by atoms with E-state index in [4.69, 9.17) is 4.74 Å². The van der Waals surface area contributed by atoms with Gasteiger partial charge in [0.2, 0.25) is 0 Å². The molecular weight excluding hydrogens is 288 g/mol. The largest absolute Gasteiger partial charge is 0.493 e. The molecule has 0 atom stereocenters. The summed E-state index contributed by atoms with van der Waals surface area (Å²) in [6.07, 6.45) is 2.43. The number of hydrogen-bond acceptors (Lipinski definition) is 3. The van der Waals surface area contributed by atoms with Crippen molar-refractivity contribution in [1.29, 1.82) is 5.26 Å². The summed E-state index contributed by atoms with van der Waals surface area (Å²) in [6, 6.07) is 13.7. The van der Waals surface area contributed by atoms with Gasteiger partial charge >= 0.3 is 0 Å². The van der Waals surface area contributed by atoms with Crippen LogP contribution in [0.2, 0.25) is 0 Å². The maximum atomic E-state index is 12.1. The molecule has 118 valence electrons. The molecule has 1 amide bonds. The van der Waals surface area contributed by atoms with Crippen LogP contribution in [0.5, 0.6) is 5.75 Å². The molecule has 2 aromatic carbocycles. The van der Waals surface area contributed by atoms with Crippen molar-refractivity contribution in [1.82, 2.24) is 5.32 Å². The summed E-state index contributed by atoms with van der Waals surface area (Å²) in [5.74, 6) is 0.312. The second-order valence-electron chi connectivity index (χ2n) is 5.06. The Kier molecular flexibility index (Phi) is 5.76. The number of amides is 1. The van der Waals surface area contributed by atoms with Crippen molar-refractivity contribution in [3.05, 3.63) is 47.5 Å². The minimum atomic E-state index is -0.357. The first-order valence-electron chi connectivity index (χ1n) is 7.75. The van der Waals surface area contributed by atoms with Gasteiger partial charge < -0.3 is 10.1 Å². The van der Waals surface area contributed by atoms with Crippen molar-refractivity contribution < 1.29 is 9.53 Å². The van der Waals surface area contributed by atoms with E-state index in [0.29, 0.717) is 18.9 Å². The molecule has 0 saturated carbocycles. The number of hydrogen-bond donors (Lipinski definition) is 1. The molecule has 0 unspecified atom stereocenters. The van der Waals surface area contributed by atoms with E-state index < -0.39 is 0 Å². The van der Waals surface area contributed by atoms with Crippen molar-refractivity contribution >= 4 is 22.8 Å². The van der Waals surface area contributed by atoms with E-state index >= 15 is 0 Å². The molecule has 0 radical (unpaired) electrons. The van der Waals surface area contributed by atoms with E-state index in [1.165, 1.54) is 0 Å². The maximum absolute atomic E-state index is 12.1. The summed E-state index contributed by atoms with van der Waals surface area (Å²) in [5.41, 5.74) is 0.837. The molecule has 23 heavy (non-hydrogen) atoms. The molecule has 0 aliphatic rings. The van der Waals surface area contributed by atoms with Crippen molar-refractivity contribution in [2.75, 3.05) is 13.2 Å². The lowest BCUT2D eigenvalue weighted by atomic mass is 10.0. The summed E-state index contributed by atoms with van der Waals surface area (Å²) in [7, 11) is 0. The Hall–Kier alpha value is -2.80. The van der Waals surface area contributed by atoms with E-state index in [1.807, 2.05) is 56.3 Å². The SMILES string of the molecule is CCCNC(=O)/C(C#N)=C\c1c(OCC)ccc2ccccc12. The van der Waals surface area contributed by atoms with Crippen LogP contribution in [0, 0.1) is 11.3 Å². The predicted octanol–water partition coefficient (Wildman–Crippen LogP) is 3.67. The molecule has 1 N–H and O–H groups in total. The third-order valence-corrected chi connectivity index (χ3v) is 3.42. The highest BCUT2D eigenvalue weighted by molar-refractivity contribution is 6.04. The third-order valence-electron chi connectivity index (χ3n) is 3.42. The van der Waals surface area contributed by atoms with Gasteiger partial charge in [0.1, 0.15) is 17.4 Å². The van der Waals surface area contributed by atoms with E-state index in [0.717, 1.165) is 22.8 Å². The number of nitrogens with one attached hydrogen (secondary N) is 1. The molecule has 4 nitrogen and oxygen atoms in total. The fourth-order valence-corrected chi connectivity index (χ4v) is 2.33. The normalized spacial score (nSPS) is 11.1. The van der Waals surface area contributed by atoms with Crippen LogP contribution in [0.4, 0.5) is 0 Å². The number of carbonyl (C=O) groups is 1. The zero-order chi connectivity index (χ0) is 16.7. The molecule has 0 heterocycles. The first kappa shape index (κ1) is 16.6. The van der Waals surface area contributed by atoms with E-state index in [9.17, 15) is 10.1 Å². The Labute approximate surface area is 136 Å². The number of carbonyl (C=O) groups excluding carboxylic acids is 1. The molecule has 0 aromatic heterocycles. The quantitative estimate of drug-likeness (QED) is 0.654. The fourth-order valence-electron chi connectivity index (χ4n) is 2.33. The van der Waals surface area contributed by atoms with Crippen LogP contribution in [-0.2, 0) is 4.79 Å². The molecule has 4 heteroatoms. The van der Waals surface area contributed by atoms with Crippen molar-refractivity contribution in [3.8, 4) is 11.8 Å². The molecule has 0 bridgehead atoms. The van der Waals surface area contributed by atoms with Gasteiger partial charge in [-0.15, -0.1) is 0 Å². The molecular formula is C19H20N2O2. The number of fused-ring (bicyclic) bond motifs is 1. The van der Waals surface area contributed by atoms with Crippen molar-refractivity contribution in [2.24, 2.45) is 0 Å². The lowest BCUT2D eigenvalue weighted by molar-refractivity contribution is -0.117. The number of ether oxygens (including phenoxy) is 1. The average Bonchev–Trinajstić information content (AvgIpc) is 2.58. The molecule has 0 aliphatic heterocycles. The minimum absolute atomic E-state index is 0.0794. The smallest absolute Gasteiger partial charge is 0.261 e. The monoisotopic (exact) mass is 308 g/mol. The first-order valence-corrected chi connectivity index (χ1v) is 7.75. The third kappa shape index (κ3) is 3.89. The minimum Gasteiger partial charge on any atom is -0.493 e. The second kappa shape index (κ2) is 8.00. The summed E-state index contributed by atoms with van der Waals surface area (Å²) in [5, 5.41) is 14.1. The molecule has 0 spiro atoms. The van der Waals surface area contributed by atoms with E-state index in [-0.39, 0.29) is 11.5 Å². The van der Waals surface area contributed by atoms with E-state index in [2.05, 4.69) is 5.32 Å². The van der Waals surface area contributed by atoms with Gasteiger partial charge in [-0.25, -0.2) is 0 Å². The number of benzene rings is 2. The maximum Gasteiger partial charge on any atom is 0.261 e. The van der Waals surface area contributed by atoms with Gasteiger partial charge in [0.05, 0.1) is 6.61 Å². The topological polar surface area (TPSA) is 62.1 Å². The second-order valence-corrected chi connectivity index (χ2v) is 5.06. The van der Waals surface area contributed by atoms with Crippen molar-refractivity contribution in [2.45, 2.75) is 20.3 Å². The summed E-state index contributed by atoms with van der Waals surface area (Å²) in [4.78, 5) is 12.1. The van der Waals surface area contributed by atoms with Crippen LogP contribution < -0.4 is 10.1 Å². The zero-order valence-electron chi connectivity index (χ0n) is 13.4. The van der Waals surface area contributed by atoms with E-state index in [1.54, 1.807) is 6.08 Å². The van der Waals surface area contributed by atoms with Gasteiger partial charge in [-0.1, -0.05) is 37.3 Å². The Morgan fingerprint density at radius 2 is 2.04 bits per heavy atom. The highest BCUT2D eigenvalue weighted by Crippen LogP contribution is 2.30. The van der Waals surface area contributed by atoms with Crippen LogP contribution in [0.1, 0.15) is 25.8 Å². The Bertz CT molecular complexity index is 773. The molecule has 2 rings (SSSR count). The van der Waals surface area contributed by atoms with Crippen LogP contribution in [0.25, 0.3) is 16.8 Å². The van der Waals surface area contributed by atoms with Gasteiger partial charge in [-0.2, -0.15) is 5.26 Å². The highest BCUT2D eigenvalue weighted by atomic mass is 16.5. The lowest BCUT2D eigenvalue weighted by Crippen LogP contribution is -2.25. The summed E-state index contributed by atoms with van der Waals surface area (Å²) < 4.78 is 5.67. The van der Waals surface area contributed by atoms with Crippen LogP contribution >= 0.6 is 0 Å². The highest BCUT2D eigenvalue weighted by Gasteiger charge is 2.12. The van der Waals surface area contributed by atoms with Gasteiger partial charge in [-0.05, 0) is 36.3 Å².